The lowest BCUT2D eigenvalue weighted by atomic mass is 9.95. The zero-order valence-corrected chi connectivity index (χ0v) is 6.00. The summed E-state index contributed by atoms with van der Waals surface area (Å²) in [5, 5.41) is 0. The van der Waals surface area contributed by atoms with E-state index in [1.165, 1.54) is 0 Å². The number of methoxy groups -OCH3 is 1. The molecule has 10 heavy (non-hydrogen) atoms. The molecule has 0 aromatic heterocycles. The lowest BCUT2D eigenvalue weighted by Gasteiger charge is -1.98. The second-order valence-corrected chi connectivity index (χ2v) is 2.17. The fourth-order valence-corrected chi connectivity index (χ4v) is 0.781. The summed E-state index contributed by atoms with van der Waals surface area (Å²) in [4.78, 5) is 0. The SMILES string of the molecule is [B]c1ccc(COC)cc1. The van der Waals surface area contributed by atoms with E-state index in [0.717, 1.165) is 11.0 Å². The van der Waals surface area contributed by atoms with E-state index in [4.69, 9.17) is 12.6 Å². The van der Waals surface area contributed by atoms with Crippen LogP contribution in [-0.2, 0) is 11.3 Å². The highest BCUT2D eigenvalue weighted by Gasteiger charge is 1.88. The van der Waals surface area contributed by atoms with Crippen LogP contribution < -0.4 is 5.46 Å². The number of benzene rings is 1. The first-order valence-corrected chi connectivity index (χ1v) is 3.16. The summed E-state index contributed by atoms with van der Waals surface area (Å²) in [6, 6.07) is 7.65. The van der Waals surface area contributed by atoms with Crippen LogP contribution in [0.1, 0.15) is 5.56 Å². The average molecular weight is 132 g/mol. The maximum Gasteiger partial charge on any atom is 0.113 e. The zero-order chi connectivity index (χ0) is 7.40. The van der Waals surface area contributed by atoms with Crippen molar-refractivity contribution in [3.8, 4) is 0 Å². The monoisotopic (exact) mass is 132 g/mol. The van der Waals surface area contributed by atoms with Crippen molar-refractivity contribution in [3.05, 3.63) is 29.8 Å². The van der Waals surface area contributed by atoms with Gasteiger partial charge in [-0.2, -0.15) is 0 Å². The summed E-state index contributed by atoms with van der Waals surface area (Å²) >= 11 is 0. The summed E-state index contributed by atoms with van der Waals surface area (Å²) in [6.45, 7) is 0.653. The van der Waals surface area contributed by atoms with Gasteiger partial charge in [-0.3, -0.25) is 0 Å². The molecule has 1 rings (SSSR count). The molecule has 0 fully saturated rings. The molecule has 2 radical (unpaired) electrons. The molecule has 1 aromatic rings. The van der Waals surface area contributed by atoms with Crippen LogP contribution in [0.5, 0.6) is 0 Å². The number of hydrogen-bond donors (Lipinski definition) is 0. The molecule has 0 aliphatic carbocycles. The predicted molar refractivity (Wildman–Crippen MR) is 42.5 cm³/mol. The molecule has 0 saturated carbocycles. The van der Waals surface area contributed by atoms with E-state index < -0.39 is 0 Å². The highest BCUT2D eigenvalue weighted by Crippen LogP contribution is 1.96. The molecule has 0 N–H and O–H groups in total. The Balaban J connectivity index is 2.69. The predicted octanol–water partition coefficient (Wildman–Crippen LogP) is 0.627. The Kier molecular flexibility index (Phi) is 2.52. The molecule has 1 nitrogen and oxygen atoms in total. The highest BCUT2D eigenvalue weighted by atomic mass is 16.5. The van der Waals surface area contributed by atoms with Crippen molar-refractivity contribution in [3.63, 3.8) is 0 Å². The standard InChI is InChI=1S/C8H9BO/c1-10-6-7-2-4-8(9)5-3-7/h2-5H,6H2,1H3. The first kappa shape index (κ1) is 7.35. The third kappa shape index (κ3) is 1.88. The highest BCUT2D eigenvalue weighted by molar-refractivity contribution is 6.32. The van der Waals surface area contributed by atoms with Gasteiger partial charge in [0.1, 0.15) is 7.85 Å². The summed E-state index contributed by atoms with van der Waals surface area (Å²) < 4.78 is 4.93. The van der Waals surface area contributed by atoms with Gasteiger partial charge in [-0.1, -0.05) is 29.7 Å². The molecule has 0 aliphatic heterocycles. The maximum atomic E-state index is 5.48. The van der Waals surface area contributed by atoms with Crippen molar-refractivity contribution in [2.75, 3.05) is 7.11 Å². The lowest BCUT2D eigenvalue weighted by Crippen LogP contribution is -2.00. The van der Waals surface area contributed by atoms with Gasteiger partial charge in [-0.15, -0.1) is 0 Å². The van der Waals surface area contributed by atoms with E-state index in [9.17, 15) is 0 Å². The van der Waals surface area contributed by atoms with E-state index in [1.807, 2.05) is 24.3 Å². The molecule has 0 unspecified atom stereocenters. The molecular formula is C8H9BO. The molecule has 2 heteroatoms. The molecule has 0 atom stereocenters. The molecule has 0 bridgehead atoms. The van der Waals surface area contributed by atoms with Crippen molar-refractivity contribution in [2.24, 2.45) is 0 Å². The quantitative estimate of drug-likeness (QED) is 0.536. The van der Waals surface area contributed by atoms with Gasteiger partial charge in [0.2, 0.25) is 0 Å². The van der Waals surface area contributed by atoms with Gasteiger partial charge in [-0.25, -0.2) is 0 Å². The van der Waals surface area contributed by atoms with Gasteiger partial charge in [0, 0.05) is 7.11 Å². The summed E-state index contributed by atoms with van der Waals surface area (Å²) in [5.74, 6) is 0. The number of hydrogen-bond acceptors (Lipinski definition) is 1. The molecule has 50 valence electrons. The van der Waals surface area contributed by atoms with Gasteiger partial charge in [0.15, 0.2) is 0 Å². The van der Waals surface area contributed by atoms with Crippen LogP contribution in [0.15, 0.2) is 24.3 Å². The van der Waals surface area contributed by atoms with E-state index >= 15 is 0 Å². The summed E-state index contributed by atoms with van der Waals surface area (Å²) in [5.41, 5.74) is 1.94. The second-order valence-electron chi connectivity index (χ2n) is 2.17. The molecule has 1 aromatic carbocycles. The van der Waals surface area contributed by atoms with Crippen molar-refractivity contribution >= 4 is 13.3 Å². The van der Waals surface area contributed by atoms with Crippen molar-refractivity contribution < 1.29 is 4.74 Å². The Morgan fingerprint density at radius 1 is 1.30 bits per heavy atom. The minimum atomic E-state index is 0.653. The van der Waals surface area contributed by atoms with E-state index in [2.05, 4.69) is 0 Å². The molecule has 0 aliphatic rings. The minimum Gasteiger partial charge on any atom is -0.380 e. The smallest absolute Gasteiger partial charge is 0.113 e. The fraction of sp³-hybridized carbons (Fsp3) is 0.250. The lowest BCUT2D eigenvalue weighted by molar-refractivity contribution is 0.185. The molecular weight excluding hydrogens is 123 g/mol. The number of ether oxygens (including phenoxy) is 1. The van der Waals surface area contributed by atoms with Crippen LogP contribution in [-0.4, -0.2) is 15.0 Å². The number of rotatable bonds is 2. The third-order valence-electron chi connectivity index (χ3n) is 1.29. The molecule has 0 saturated heterocycles. The van der Waals surface area contributed by atoms with E-state index in [1.54, 1.807) is 7.11 Å². The van der Waals surface area contributed by atoms with Gasteiger partial charge in [0.25, 0.3) is 0 Å². The molecule has 0 heterocycles. The van der Waals surface area contributed by atoms with E-state index in [0.29, 0.717) is 6.61 Å². The zero-order valence-electron chi connectivity index (χ0n) is 6.00. The Labute approximate surface area is 62.4 Å². The van der Waals surface area contributed by atoms with Crippen molar-refractivity contribution in [1.82, 2.24) is 0 Å². The van der Waals surface area contributed by atoms with Crippen LogP contribution in [0.4, 0.5) is 0 Å². The first-order valence-electron chi connectivity index (χ1n) is 3.16. The van der Waals surface area contributed by atoms with E-state index in [-0.39, 0.29) is 0 Å². The molecule has 0 spiro atoms. The van der Waals surface area contributed by atoms with Crippen molar-refractivity contribution in [2.45, 2.75) is 6.61 Å². The van der Waals surface area contributed by atoms with Gasteiger partial charge >= 0.3 is 0 Å². The summed E-state index contributed by atoms with van der Waals surface area (Å²) in [7, 11) is 7.16. The molecule has 0 amide bonds. The average Bonchev–Trinajstić information content (AvgIpc) is 1.95. The van der Waals surface area contributed by atoms with Crippen molar-refractivity contribution in [1.29, 1.82) is 0 Å². The maximum absolute atomic E-state index is 5.48. The van der Waals surface area contributed by atoms with Crippen LogP contribution in [0.2, 0.25) is 0 Å². The van der Waals surface area contributed by atoms with Crippen LogP contribution in [0, 0.1) is 0 Å². The topological polar surface area (TPSA) is 9.23 Å². The van der Waals surface area contributed by atoms with Gasteiger partial charge < -0.3 is 4.74 Å². The fourth-order valence-electron chi connectivity index (χ4n) is 0.781. The largest absolute Gasteiger partial charge is 0.380 e. The third-order valence-corrected chi connectivity index (χ3v) is 1.29. The van der Waals surface area contributed by atoms with Crippen LogP contribution >= 0.6 is 0 Å². The minimum absolute atomic E-state index is 0.653. The van der Waals surface area contributed by atoms with Crippen LogP contribution in [0.25, 0.3) is 0 Å². The summed E-state index contributed by atoms with van der Waals surface area (Å²) in [6.07, 6.45) is 0. The first-order chi connectivity index (χ1) is 4.83. The van der Waals surface area contributed by atoms with Gasteiger partial charge in [-0.05, 0) is 5.56 Å². The Hall–Kier alpha value is -0.755. The second kappa shape index (κ2) is 3.42. The van der Waals surface area contributed by atoms with Crippen LogP contribution in [0.3, 0.4) is 0 Å². The van der Waals surface area contributed by atoms with Gasteiger partial charge in [0.05, 0.1) is 6.61 Å². The Morgan fingerprint density at radius 2 is 1.90 bits per heavy atom. The Bertz CT molecular complexity index is 193. The Morgan fingerprint density at radius 3 is 2.40 bits per heavy atom. The normalized spacial score (nSPS) is 9.70.